The molecule has 0 bridgehead atoms. The predicted octanol–water partition coefficient (Wildman–Crippen LogP) is 4.30. The van der Waals surface area contributed by atoms with Crippen LogP contribution in [0.15, 0.2) is 53.5 Å². The van der Waals surface area contributed by atoms with Crippen LogP contribution in [0.1, 0.15) is 12.0 Å². The molecule has 0 aliphatic carbocycles. The van der Waals surface area contributed by atoms with Gasteiger partial charge in [-0.15, -0.1) is 0 Å². The Hall–Kier alpha value is -2.02. The van der Waals surface area contributed by atoms with Gasteiger partial charge in [-0.1, -0.05) is 53.2 Å². The lowest BCUT2D eigenvalue weighted by molar-refractivity contribution is -0.130. The number of nitrogens with zero attached hydrogens (tertiary/aromatic N) is 2. The molecule has 0 aromatic heterocycles. The molecule has 5 nitrogen and oxygen atoms in total. The summed E-state index contributed by atoms with van der Waals surface area (Å²) in [5.74, 6) is -0.309. The van der Waals surface area contributed by atoms with E-state index in [4.69, 9.17) is 23.2 Å². The average Bonchev–Trinajstić information content (AvgIpc) is 2.68. The largest absolute Gasteiger partial charge is 0.358 e. The fourth-order valence-corrected chi connectivity index (χ4v) is 4.26. The van der Waals surface area contributed by atoms with Crippen molar-refractivity contribution in [2.24, 2.45) is 4.99 Å². The van der Waals surface area contributed by atoms with Gasteiger partial charge in [-0.3, -0.25) is 14.5 Å². The second-order valence-electron chi connectivity index (χ2n) is 6.22. The van der Waals surface area contributed by atoms with Crippen LogP contribution in [0.4, 0.5) is 5.69 Å². The topological polar surface area (TPSA) is 61.8 Å². The van der Waals surface area contributed by atoms with Crippen LogP contribution in [0.2, 0.25) is 10.0 Å². The second-order valence-corrected chi connectivity index (χ2v) is 8.26. The van der Waals surface area contributed by atoms with Crippen molar-refractivity contribution < 1.29 is 9.59 Å². The Morgan fingerprint density at radius 1 is 1.21 bits per heavy atom. The number of rotatable bonds is 5. The monoisotopic (exact) mass is 435 g/mol. The Balaban J connectivity index is 1.85. The second kappa shape index (κ2) is 9.45. The zero-order valence-corrected chi connectivity index (χ0v) is 17.5. The molecule has 1 aliphatic heterocycles. The van der Waals surface area contributed by atoms with E-state index in [1.165, 1.54) is 11.8 Å². The van der Waals surface area contributed by atoms with Crippen molar-refractivity contribution in [3.05, 3.63) is 64.1 Å². The summed E-state index contributed by atoms with van der Waals surface area (Å²) in [7, 11) is 1.56. The van der Waals surface area contributed by atoms with E-state index < -0.39 is 5.25 Å². The van der Waals surface area contributed by atoms with Crippen LogP contribution in [0.5, 0.6) is 0 Å². The molecule has 1 aliphatic rings. The highest BCUT2D eigenvalue weighted by Crippen LogP contribution is 2.30. The highest BCUT2D eigenvalue weighted by Gasteiger charge is 2.35. The standard InChI is InChI=1S/C20H19Cl2N3O2S/c1-23-19(27)17-12-18(26)25(10-9-13-5-7-14(21)8-6-13)20(28-17)24-16-4-2-3-15(22)11-16/h2-8,11,17H,9-10,12H2,1H3,(H,23,27). The summed E-state index contributed by atoms with van der Waals surface area (Å²) >= 11 is 13.3. The number of halogens is 2. The third kappa shape index (κ3) is 5.28. The van der Waals surface area contributed by atoms with Crippen molar-refractivity contribution in [2.45, 2.75) is 18.1 Å². The van der Waals surface area contributed by atoms with E-state index in [1.54, 1.807) is 30.1 Å². The highest BCUT2D eigenvalue weighted by molar-refractivity contribution is 8.15. The molecule has 1 saturated heterocycles. The van der Waals surface area contributed by atoms with E-state index in [1.807, 2.05) is 30.3 Å². The number of nitrogens with one attached hydrogen (secondary N) is 1. The van der Waals surface area contributed by atoms with Crippen LogP contribution in [0, 0.1) is 0 Å². The number of benzene rings is 2. The summed E-state index contributed by atoms with van der Waals surface area (Å²) in [6.07, 6.45) is 0.794. The quantitative estimate of drug-likeness (QED) is 0.760. The van der Waals surface area contributed by atoms with Gasteiger partial charge < -0.3 is 5.32 Å². The molecule has 0 spiro atoms. The minimum Gasteiger partial charge on any atom is -0.358 e. The summed E-state index contributed by atoms with van der Waals surface area (Å²) < 4.78 is 0. The summed E-state index contributed by atoms with van der Waals surface area (Å²) in [6, 6.07) is 14.6. The number of carbonyl (C=O) groups is 2. The summed E-state index contributed by atoms with van der Waals surface area (Å²) in [5.41, 5.74) is 1.70. The maximum absolute atomic E-state index is 12.8. The summed E-state index contributed by atoms with van der Waals surface area (Å²) in [5, 5.41) is 3.84. The van der Waals surface area contributed by atoms with Gasteiger partial charge in [-0.2, -0.15) is 0 Å². The molecule has 8 heteroatoms. The van der Waals surface area contributed by atoms with Gasteiger partial charge in [0.05, 0.1) is 10.9 Å². The highest BCUT2D eigenvalue weighted by atomic mass is 35.5. The Labute approximate surface area is 178 Å². The molecule has 0 radical (unpaired) electrons. The molecule has 0 saturated carbocycles. The first-order chi connectivity index (χ1) is 13.5. The van der Waals surface area contributed by atoms with Crippen molar-refractivity contribution in [2.75, 3.05) is 13.6 Å². The summed E-state index contributed by atoms with van der Waals surface area (Å²) in [4.78, 5) is 31.1. The third-order valence-electron chi connectivity index (χ3n) is 4.25. The van der Waals surface area contributed by atoms with Crippen molar-refractivity contribution in [3.63, 3.8) is 0 Å². The molecule has 2 amide bonds. The van der Waals surface area contributed by atoms with Crippen molar-refractivity contribution in [1.82, 2.24) is 10.2 Å². The zero-order valence-electron chi connectivity index (χ0n) is 15.2. The van der Waals surface area contributed by atoms with Gasteiger partial charge in [0.25, 0.3) is 0 Å². The molecule has 1 atom stereocenters. The molecular weight excluding hydrogens is 417 g/mol. The fraction of sp³-hybridized carbons (Fsp3) is 0.250. The normalized spacial score (nSPS) is 18.4. The zero-order chi connectivity index (χ0) is 20.1. The van der Waals surface area contributed by atoms with Gasteiger partial charge >= 0.3 is 0 Å². The Morgan fingerprint density at radius 2 is 1.96 bits per heavy atom. The number of hydrogen-bond acceptors (Lipinski definition) is 4. The van der Waals surface area contributed by atoms with Gasteiger partial charge in [-0.05, 0) is 42.3 Å². The van der Waals surface area contributed by atoms with E-state index >= 15 is 0 Å². The lowest BCUT2D eigenvalue weighted by Gasteiger charge is -2.31. The Kier molecular flexibility index (Phi) is 6.99. The number of amides is 2. The Morgan fingerprint density at radius 3 is 2.64 bits per heavy atom. The van der Waals surface area contributed by atoms with Crippen molar-refractivity contribution in [3.8, 4) is 0 Å². The van der Waals surface area contributed by atoms with Gasteiger partial charge in [0.1, 0.15) is 0 Å². The van der Waals surface area contributed by atoms with E-state index in [0.717, 1.165) is 5.56 Å². The van der Waals surface area contributed by atoms with Crippen LogP contribution < -0.4 is 5.32 Å². The average molecular weight is 436 g/mol. The third-order valence-corrected chi connectivity index (χ3v) is 5.92. The maximum atomic E-state index is 12.8. The van der Waals surface area contributed by atoms with Crippen LogP contribution in [0.25, 0.3) is 0 Å². The van der Waals surface area contributed by atoms with Gasteiger partial charge in [-0.25, -0.2) is 4.99 Å². The number of thioether (sulfide) groups is 1. The molecule has 28 heavy (non-hydrogen) atoms. The van der Waals surface area contributed by atoms with Gasteiger partial charge in [0.2, 0.25) is 11.8 Å². The number of amidine groups is 1. The number of carbonyl (C=O) groups excluding carboxylic acids is 2. The van der Waals surface area contributed by atoms with E-state index in [9.17, 15) is 9.59 Å². The van der Waals surface area contributed by atoms with Crippen LogP contribution in [-0.2, 0) is 16.0 Å². The molecule has 3 rings (SSSR count). The lowest BCUT2D eigenvalue weighted by Crippen LogP contribution is -2.46. The molecule has 1 N–H and O–H groups in total. The molecule has 2 aromatic carbocycles. The van der Waals surface area contributed by atoms with E-state index in [-0.39, 0.29) is 18.2 Å². The fourth-order valence-electron chi connectivity index (χ4n) is 2.77. The molecule has 1 fully saturated rings. The SMILES string of the molecule is CNC(=O)C1CC(=O)N(CCc2ccc(Cl)cc2)C(=Nc2cccc(Cl)c2)S1. The molecule has 146 valence electrons. The molecular formula is C20H19Cl2N3O2S. The first-order valence-electron chi connectivity index (χ1n) is 8.73. The lowest BCUT2D eigenvalue weighted by atomic mass is 10.1. The summed E-state index contributed by atoms with van der Waals surface area (Å²) in [6.45, 7) is 0.466. The van der Waals surface area contributed by atoms with Crippen LogP contribution >= 0.6 is 35.0 Å². The van der Waals surface area contributed by atoms with E-state index in [2.05, 4.69) is 10.3 Å². The minimum atomic E-state index is -0.498. The molecule has 1 heterocycles. The Bertz CT molecular complexity index is 903. The van der Waals surface area contributed by atoms with E-state index in [0.29, 0.717) is 33.9 Å². The first kappa shape index (κ1) is 20.7. The van der Waals surface area contributed by atoms with Crippen molar-refractivity contribution in [1.29, 1.82) is 0 Å². The predicted molar refractivity (Wildman–Crippen MR) is 115 cm³/mol. The number of hydrogen-bond donors (Lipinski definition) is 1. The first-order valence-corrected chi connectivity index (χ1v) is 10.4. The smallest absolute Gasteiger partial charge is 0.233 e. The maximum Gasteiger partial charge on any atom is 0.233 e. The minimum absolute atomic E-state index is 0.123. The van der Waals surface area contributed by atoms with Gasteiger partial charge in [0.15, 0.2) is 5.17 Å². The molecule has 2 aromatic rings. The van der Waals surface area contributed by atoms with Gasteiger partial charge in [0, 0.05) is 30.1 Å². The number of aliphatic imine (C=N–C) groups is 1. The van der Waals surface area contributed by atoms with Crippen molar-refractivity contribution >= 4 is 57.6 Å². The van der Waals surface area contributed by atoms with Crippen LogP contribution in [0.3, 0.4) is 0 Å². The van der Waals surface area contributed by atoms with Crippen LogP contribution in [-0.4, -0.2) is 40.7 Å². The molecule has 1 unspecified atom stereocenters.